The first kappa shape index (κ1) is 108. The van der Waals surface area contributed by atoms with Crippen LogP contribution in [0.1, 0.15) is 214 Å². The Kier molecular flexibility index (Phi) is 73.9. The zero-order valence-corrected chi connectivity index (χ0v) is 70.2. The average molecular weight is 1650 g/mol. The van der Waals surface area contributed by atoms with Crippen molar-refractivity contribution in [3.8, 4) is 0 Å². The van der Waals surface area contributed by atoms with Gasteiger partial charge in [-0.15, -0.1) is 0 Å². The fourth-order valence-corrected chi connectivity index (χ4v) is 11.2. The molecule has 34 nitrogen and oxygen atoms in total. The predicted molar refractivity (Wildman–Crippen MR) is 427 cm³/mol. The van der Waals surface area contributed by atoms with Gasteiger partial charge in [-0.2, -0.15) is 0 Å². The number of ketones is 6. The first-order valence-corrected chi connectivity index (χ1v) is 41.9. The Balaban J connectivity index is 5.08. The molecule has 8 N–H and O–H groups in total. The molecule has 0 aliphatic carbocycles. The molecule has 0 saturated heterocycles. The van der Waals surface area contributed by atoms with Crippen LogP contribution in [0, 0.1) is 11.8 Å². The number of carbonyl (C=O) groups is 14. The van der Waals surface area contributed by atoms with E-state index in [0.717, 1.165) is 25.7 Å². The maximum atomic E-state index is 13.6. The zero-order valence-electron chi connectivity index (χ0n) is 70.2. The summed E-state index contributed by atoms with van der Waals surface area (Å²) in [6, 6.07) is -1.75. The molecule has 0 aromatic rings. The Hall–Kier alpha value is -6.70. The lowest BCUT2D eigenvalue weighted by molar-refractivity contribution is -0.133. The minimum atomic E-state index is -0.939. The maximum Gasteiger partial charge on any atom is 0.246 e. The molecule has 34 heteroatoms. The summed E-state index contributed by atoms with van der Waals surface area (Å²) in [5, 5.41) is 22.0. The van der Waals surface area contributed by atoms with E-state index in [1.165, 1.54) is 7.05 Å². The Bertz CT molecular complexity index is 2640. The summed E-state index contributed by atoms with van der Waals surface area (Å²) in [6.45, 7) is 13.7. The number of unbranched alkanes of at least 4 members (excludes halogenated alkanes) is 3. The van der Waals surface area contributed by atoms with Gasteiger partial charge >= 0.3 is 0 Å². The van der Waals surface area contributed by atoms with Crippen LogP contribution in [-0.2, 0) is 124 Å². The van der Waals surface area contributed by atoms with Crippen molar-refractivity contribution in [1.29, 1.82) is 0 Å². The standard InChI is InChI=1S/C81H144N8O26/c1-7-22-66(90)27-18-38-104-44-51-111-59-77(99)84-34-16-13-29-69(88-79(101)62-114-53-46-105-39-19-28-67(91)23-8-2)72(94)32-21-41-107-45-52-112-60-78(100)85-35-17-14-30-70(73(95)57-64(11-5)81(103)82-6)89-80(102)63-115-54-47-106-40-20-31-71(93)65(56-68(92)58-110-50-48-108-42-36-86-74(96)24-9-3)26-12-15-33-83-76(98)61-113-55-49-109-43-37-87-75(97)25-10-4/h64-65,69-70H,7-63H2,1-6H3,(H,82,103)(H,83,98)(H,84,99)(H,85,100)(H,86,96)(H,87,97)(H,88,101)(H,89,102)/t64-,65-,69+,70+/m1/s1. The number of rotatable bonds is 86. The van der Waals surface area contributed by atoms with E-state index < -0.39 is 42.3 Å². The van der Waals surface area contributed by atoms with Crippen LogP contribution in [0.4, 0.5) is 0 Å². The normalized spacial score (nSPS) is 12.2. The second kappa shape index (κ2) is 78.5. The molecule has 0 spiro atoms. The zero-order chi connectivity index (χ0) is 84.8. The van der Waals surface area contributed by atoms with Crippen LogP contribution in [-0.4, -0.2) is 292 Å². The van der Waals surface area contributed by atoms with E-state index in [1.807, 2.05) is 27.7 Å². The lowest BCUT2D eigenvalue weighted by atomic mass is 9.90. The minimum Gasteiger partial charge on any atom is -0.379 e. The van der Waals surface area contributed by atoms with E-state index in [1.54, 1.807) is 6.92 Å². The van der Waals surface area contributed by atoms with Crippen LogP contribution in [0.5, 0.6) is 0 Å². The molecule has 0 saturated carbocycles. The molecule has 0 rings (SSSR count). The fraction of sp³-hybridized carbons (Fsp3) is 0.827. The summed E-state index contributed by atoms with van der Waals surface area (Å²) in [4.78, 5) is 176. The van der Waals surface area contributed by atoms with Crippen LogP contribution < -0.4 is 42.5 Å². The van der Waals surface area contributed by atoms with E-state index in [2.05, 4.69) is 42.5 Å². The van der Waals surface area contributed by atoms with Gasteiger partial charge < -0.3 is 99.4 Å². The van der Waals surface area contributed by atoms with Crippen molar-refractivity contribution < 1.29 is 124 Å². The summed E-state index contributed by atoms with van der Waals surface area (Å²) >= 11 is 0. The largest absolute Gasteiger partial charge is 0.379 e. The van der Waals surface area contributed by atoms with Crippen LogP contribution in [0.25, 0.3) is 0 Å². The molecule has 0 aromatic heterocycles. The summed E-state index contributed by atoms with van der Waals surface area (Å²) in [5.41, 5.74) is 0. The van der Waals surface area contributed by atoms with Crippen molar-refractivity contribution in [2.45, 2.75) is 226 Å². The van der Waals surface area contributed by atoms with Crippen molar-refractivity contribution in [3.05, 3.63) is 0 Å². The van der Waals surface area contributed by atoms with E-state index >= 15 is 0 Å². The van der Waals surface area contributed by atoms with E-state index in [-0.39, 0.29) is 228 Å². The third-order valence-corrected chi connectivity index (χ3v) is 17.4. The smallest absolute Gasteiger partial charge is 0.246 e. The molecule has 4 atom stereocenters. The highest BCUT2D eigenvalue weighted by Gasteiger charge is 2.27. The quantitative estimate of drug-likeness (QED) is 0.0396. The van der Waals surface area contributed by atoms with Gasteiger partial charge in [-0.1, -0.05) is 41.0 Å². The van der Waals surface area contributed by atoms with Gasteiger partial charge in [0.15, 0.2) is 17.3 Å². The van der Waals surface area contributed by atoms with Crippen LogP contribution in [0.2, 0.25) is 0 Å². The number of hydrogen-bond donors (Lipinski definition) is 8. The fourth-order valence-electron chi connectivity index (χ4n) is 11.2. The van der Waals surface area contributed by atoms with Crippen molar-refractivity contribution in [2.24, 2.45) is 11.8 Å². The van der Waals surface area contributed by atoms with Gasteiger partial charge in [0.25, 0.3) is 0 Å². The number of carbonyl (C=O) groups excluding carboxylic acids is 14. The highest BCUT2D eigenvalue weighted by Crippen LogP contribution is 2.19. The SMILES string of the molecule is CCCC(=O)CCCOCCOCC(=O)NCCCC[C@H](NC(=O)COCCOCCCC(=O)CCC)C(=O)CCCOCCOCC(=O)NCCCC[C@H](NC(=O)COCCOCCCC(=O)[C@H](CCCCNC(=O)COCCOCCNC(=O)CCC)CC(=O)COCCOCCNC(=O)CCC)C(=O)C[C@@H](CC)C(=O)NC. The topological polar surface area (TPSA) is 446 Å². The van der Waals surface area contributed by atoms with E-state index in [4.69, 9.17) is 56.8 Å². The monoisotopic (exact) mass is 1650 g/mol. The van der Waals surface area contributed by atoms with Gasteiger partial charge in [0.05, 0.1) is 105 Å². The molecule has 8 amide bonds. The molecule has 0 unspecified atom stereocenters. The average Bonchev–Trinajstić information content (AvgIpc) is 0.883. The third kappa shape index (κ3) is 69.0. The molecule has 0 aliphatic rings. The molecule has 0 aliphatic heterocycles. The van der Waals surface area contributed by atoms with Crippen molar-refractivity contribution in [1.82, 2.24) is 42.5 Å². The number of nitrogens with one attached hydrogen (secondary N) is 8. The Morgan fingerprint density at radius 3 is 0.948 bits per heavy atom. The summed E-state index contributed by atoms with van der Waals surface area (Å²) in [7, 11) is 1.48. The van der Waals surface area contributed by atoms with Gasteiger partial charge in [-0.3, -0.25) is 67.1 Å². The third-order valence-electron chi connectivity index (χ3n) is 17.4. The molecular weight excluding hydrogens is 1500 g/mol. The van der Waals surface area contributed by atoms with Crippen LogP contribution in [0.3, 0.4) is 0 Å². The van der Waals surface area contributed by atoms with E-state index in [0.29, 0.717) is 181 Å². The highest BCUT2D eigenvalue weighted by atomic mass is 16.6. The summed E-state index contributed by atoms with van der Waals surface area (Å²) in [5.74, 6) is -4.11. The van der Waals surface area contributed by atoms with Gasteiger partial charge in [-0.05, 0) is 109 Å². The summed E-state index contributed by atoms with van der Waals surface area (Å²) < 4.78 is 66.1. The lowest BCUT2D eigenvalue weighted by Crippen LogP contribution is -2.44. The van der Waals surface area contributed by atoms with Gasteiger partial charge in [0.1, 0.15) is 57.0 Å². The van der Waals surface area contributed by atoms with Gasteiger partial charge in [0.2, 0.25) is 47.3 Å². The summed E-state index contributed by atoms with van der Waals surface area (Å²) in [6.07, 6.45) is 12.5. The maximum absolute atomic E-state index is 13.6. The van der Waals surface area contributed by atoms with Crippen LogP contribution in [0.15, 0.2) is 0 Å². The Labute approximate surface area is 682 Å². The number of hydrogen-bond acceptors (Lipinski definition) is 26. The molecule has 0 radical (unpaired) electrons. The molecule has 0 bridgehead atoms. The Morgan fingerprint density at radius 2 is 0.574 bits per heavy atom. The molecule has 0 fully saturated rings. The Morgan fingerprint density at radius 1 is 0.252 bits per heavy atom. The second-order valence-electron chi connectivity index (χ2n) is 27.7. The first-order valence-electron chi connectivity index (χ1n) is 41.9. The molecule has 0 aromatic carbocycles. The van der Waals surface area contributed by atoms with Crippen molar-refractivity contribution in [3.63, 3.8) is 0 Å². The molecular formula is C81H144N8O26. The number of amides is 8. The number of ether oxygens (including phenoxy) is 12. The minimum absolute atomic E-state index is 0.0210. The van der Waals surface area contributed by atoms with E-state index in [9.17, 15) is 67.1 Å². The van der Waals surface area contributed by atoms with Crippen molar-refractivity contribution >= 4 is 82.0 Å². The molecule has 664 valence electrons. The molecule has 115 heavy (non-hydrogen) atoms. The second-order valence-corrected chi connectivity index (χ2v) is 27.7. The molecule has 0 heterocycles. The van der Waals surface area contributed by atoms with Crippen molar-refractivity contribution in [2.75, 3.05) is 198 Å². The van der Waals surface area contributed by atoms with Gasteiger partial charge in [0, 0.05) is 142 Å². The van der Waals surface area contributed by atoms with Crippen LogP contribution >= 0.6 is 0 Å². The number of Topliss-reactive ketones (excluding diaryl/α,β-unsaturated/α-hetero) is 6. The highest BCUT2D eigenvalue weighted by molar-refractivity contribution is 5.93. The van der Waals surface area contributed by atoms with Gasteiger partial charge in [-0.25, -0.2) is 0 Å². The predicted octanol–water partition coefficient (Wildman–Crippen LogP) is 4.15. The lowest BCUT2D eigenvalue weighted by Gasteiger charge is -2.20. The first-order chi connectivity index (χ1) is 55.7.